The first-order valence-corrected chi connectivity index (χ1v) is 8.23. The highest BCUT2D eigenvalue weighted by Crippen LogP contribution is 2.37. The van der Waals surface area contributed by atoms with Crippen molar-refractivity contribution in [2.75, 3.05) is 4.90 Å². The normalized spacial score (nSPS) is 10.7. The van der Waals surface area contributed by atoms with Crippen LogP contribution in [0.2, 0.25) is 0 Å². The summed E-state index contributed by atoms with van der Waals surface area (Å²) in [7, 11) is -1.53. The van der Waals surface area contributed by atoms with E-state index in [0.29, 0.717) is 5.46 Å². The SMILES string of the molecule is OB(O)c1ccc(N(c2cccnc2)c2cccnc2)c2ccccc12. The third kappa shape index (κ3) is 2.92. The predicted molar refractivity (Wildman–Crippen MR) is 104 cm³/mol. The zero-order valence-corrected chi connectivity index (χ0v) is 13.9. The van der Waals surface area contributed by atoms with Crippen LogP contribution in [0, 0.1) is 0 Å². The van der Waals surface area contributed by atoms with Gasteiger partial charge in [-0.2, -0.15) is 0 Å². The van der Waals surface area contributed by atoms with E-state index < -0.39 is 7.12 Å². The number of benzene rings is 2. The van der Waals surface area contributed by atoms with Crippen LogP contribution in [0.3, 0.4) is 0 Å². The molecule has 0 saturated carbocycles. The second kappa shape index (κ2) is 6.96. The molecule has 0 unspecified atom stereocenters. The van der Waals surface area contributed by atoms with Gasteiger partial charge in [0.15, 0.2) is 0 Å². The number of hydrogen-bond donors (Lipinski definition) is 2. The Morgan fingerprint density at radius 1 is 0.692 bits per heavy atom. The minimum Gasteiger partial charge on any atom is -0.423 e. The highest BCUT2D eigenvalue weighted by Gasteiger charge is 2.20. The molecule has 0 atom stereocenters. The fourth-order valence-electron chi connectivity index (χ4n) is 3.13. The van der Waals surface area contributed by atoms with Gasteiger partial charge in [-0.05, 0) is 41.2 Å². The Balaban J connectivity index is 2.00. The first-order chi connectivity index (χ1) is 12.8. The van der Waals surface area contributed by atoms with E-state index in [-0.39, 0.29) is 0 Å². The van der Waals surface area contributed by atoms with E-state index in [2.05, 4.69) is 14.9 Å². The molecule has 2 aromatic heterocycles. The van der Waals surface area contributed by atoms with Crippen molar-refractivity contribution in [2.24, 2.45) is 0 Å². The van der Waals surface area contributed by atoms with E-state index in [9.17, 15) is 10.0 Å². The van der Waals surface area contributed by atoms with Crippen LogP contribution in [-0.2, 0) is 0 Å². The van der Waals surface area contributed by atoms with Crippen molar-refractivity contribution >= 4 is 40.4 Å². The van der Waals surface area contributed by atoms with Crippen LogP contribution in [0.25, 0.3) is 10.8 Å². The lowest BCUT2D eigenvalue weighted by molar-refractivity contribution is 0.426. The summed E-state index contributed by atoms with van der Waals surface area (Å²) in [6, 6.07) is 19.0. The Labute approximate surface area is 151 Å². The monoisotopic (exact) mass is 341 g/mol. The van der Waals surface area contributed by atoms with Crippen LogP contribution in [0.1, 0.15) is 0 Å². The summed E-state index contributed by atoms with van der Waals surface area (Å²) in [5.41, 5.74) is 3.17. The number of aromatic nitrogens is 2. The molecule has 126 valence electrons. The van der Waals surface area contributed by atoms with E-state index in [1.165, 1.54) is 0 Å². The molecule has 0 amide bonds. The predicted octanol–water partition coefficient (Wildman–Crippen LogP) is 2.78. The van der Waals surface area contributed by atoms with Gasteiger partial charge in [0.05, 0.1) is 29.5 Å². The molecule has 0 bridgehead atoms. The molecule has 5 nitrogen and oxygen atoms in total. The van der Waals surface area contributed by atoms with Gasteiger partial charge in [0.1, 0.15) is 0 Å². The summed E-state index contributed by atoms with van der Waals surface area (Å²) in [6.45, 7) is 0. The molecule has 2 aromatic carbocycles. The van der Waals surface area contributed by atoms with Crippen molar-refractivity contribution in [3.8, 4) is 0 Å². The first kappa shape index (κ1) is 16.3. The topological polar surface area (TPSA) is 69.5 Å². The zero-order chi connectivity index (χ0) is 17.9. The average Bonchev–Trinajstić information content (AvgIpc) is 2.70. The third-order valence-corrected chi connectivity index (χ3v) is 4.26. The maximum absolute atomic E-state index is 9.71. The Bertz CT molecular complexity index is 987. The first-order valence-electron chi connectivity index (χ1n) is 8.23. The molecule has 4 rings (SSSR count). The minimum atomic E-state index is -1.53. The van der Waals surface area contributed by atoms with E-state index in [4.69, 9.17) is 0 Å². The van der Waals surface area contributed by atoms with E-state index in [1.807, 2.05) is 54.6 Å². The van der Waals surface area contributed by atoms with Crippen LogP contribution < -0.4 is 10.4 Å². The van der Waals surface area contributed by atoms with Gasteiger partial charge in [-0.1, -0.05) is 30.3 Å². The van der Waals surface area contributed by atoms with Gasteiger partial charge in [0.25, 0.3) is 0 Å². The summed E-state index contributed by atoms with van der Waals surface area (Å²) < 4.78 is 0. The summed E-state index contributed by atoms with van der Waals surface area (Å²) >= 11 is 0. The van der Waals surface area contributed by atoms with Crippen molar-refractivity contribution < 1.29 is 10.0 Å². The van der Waals surface area contributed by atoms with Crippen LogP contribution >= 0.6 is 0 Å². The number of pyridine rings is 2. The molecule has 0 saturated heterocycles. The van der Waals surface area contributed by atoms with Gasteiger partial charge in [0.2, 0.25) is 0 Å². The standard InChI is InChI=1S/C20H16BN3O2/c25-21(26)19-9-10-20(18-8-2-1-7-17(18)19)24(15-5-3-11-22-13-15)16-6-4-12-23-14-16/h1-14,25-26H. The van der Waals surface area contributed by atoms with Crippen LogP contribution in [0.4, 0.5) is 17.1 Å². The van der Waals surface area contributed by atoms with Crippen molar-refractivity contribution in [2.45, 2.75) is 0 Å². The molecule has 0 spiro atoms. The van der Waals surface area contributed by atoms with Crippen LogP contribution in [0.5, 0.6) is 0 Å². The fraction of sp³-hybridized carbons (Fsp3) is 0. The minimum absolute atomic E-state index is 0.474. The van der Waals surface area contributed by atoms with E-state index in [1.54, 1.807) is 30.9 Å². The van der Waals surface area contributed by atoms with Crippen molar-refractivity contribution in [1.82, 2.24) is 9.97 Å². The highest BCUT2D eigenvalue weighted by atomic mass is 16.4. The number of fused-ring (bicyclic) bond motifs is 1. The summed E-state index contributed by atoms with van der Waals surface area (Å²) in [5.74, 6) is 0. The molecule has 2 N–H and O–H groups in total. The van der Waals surface area contributed by atoms with Gasteiger partial charge in [-0.3, -0.25) is 9.97 Å². The molecule has 26 heavy (non-hydrogen) atoms. The van der Waals surface area contributed by atoms with Crippen molar-refractivity contribution in [3.05, 3.63) is 85.5 Å². The largest absolute Gasteiger partial charge is 0.489 e. The molecule has 6 heteroatoms. The lowest BCUT2D eigenvalue weighted by Crippen LogP contribution is -2.30. The van der Waals surface area contributed by atoms with E-state index in [0.717, 1.165) is 27.8 Å². The molecule has 0 aliphatic carbocycles. The van der Waals surface area contributed by atoms with Crippen molar-refractivity contribution in [3.63, 3.8) is 0 Å². The summed E-state index contributed by atoms with van der Waals surface area (Å²) in [5, 5.41) is 21.1. The lowest BCUT2D eigenvalue weighted by Gasteiger charge is -2.26. The number of anilines is 3. The van der Waals surface area contributed by atoms with Gasteiger partial charge in [0, 0.05) is 17.8 Å². The average molecular weight is 341 g/mol. The number of rotatable bonds is 4. The molecule has 0 aliphatic heterocycles. The second-order valence-corrected chi connectivity index (χ2v) is 5.85. The Hall–Kier alpha value is -3.22. The fourth-order valence-corrected chi connectivity index (χ4v) is 3.13. The lowest BCUT2D eigenvalue weighted by atomic mass is 9.77. The Morgan fingerprint density at radius 2 is 1.31 bits per heavy atom. The molecular formula is C20H16BN3O2. The summed E-state index contributed by atoms with van der Waals surface area (Å²) in [6.07, 6.45) is 7.04. The van der Waals surface area contributed by atoms with Crippen LogP contribution in [-0.4, -0.2) is 27.1 Å². The van der Waals surface area contributed by atoms with Crippen LogP contribution in [0.15, 0.2) is 85.5 Å². The molecular weight excluding hydrogens is 325 g/mol. The Morgan fingerprint density at radius 3 is 1.85 bits per heavy atom. The maximum Gasteiger partial charge on any atom is 0.489 e. The maximum atomic E-state index is 9.71. The molecule has 0 radical (unpaired) electrons. The molecule has 0 aliphatic rings. The smallest absolute Gasteiger partial charge is 0.423 e. The molecule has 4 aromatic rings. The quantitative estimate of drug-likeness (QED) is 0.559. The van der Waals surface area contributed by atoms with Gasteiger partial charge in [-0.15, -0.1) is 0 Å². The Kier molecular flexibility index (Phi) is 4.35. The summed E-state index contributed by atoms with van der Waals surface area (Å²) in [4.78, 5) is 10.5. The molecule has 0 fully saturated rings. The van der Waals surface area contributed by atoms with Gasteiger partial charge < -0.3 is 14.9 Å². The van der Waals surface area contributed by atoms with Gasteiger partial charge >= 0.3 is 7.12 Å². The third-order valence-electron chi connectivity index (χ3n) is 4.26. The van der Waals surface area contributed by atoms with E-state index >= 15 is 0 Å². The number of hydrogen-bond acceptors (Lipinski definition) is 5. The van der Waals surface area contributed by atoms with Crippen molar-refractivity contribution in [1.29, 1.82) is 0 Å². The highest BCUT2D eigenvalue weighted by molar-refractivity contribution is 6.62. The zero-order valence-electron chi connectivity index (χ0n) is 13.9. The molecule has 2 heterocycles. The second-order valence-electron chi connectivity index (χ2n) is 5.85. The number of nitrogens with zero attached hydrogens (tertiary/aromatic N) is 3. The van der Waals surface area contributed by atoms with Gasteiger partial charge in [-0.25, -0.2) is 0 Å².